The summed E-state index contributed by atoms with van der Waals surface area (Å²) < 4.78 is 11.7. The van der Waals surface area contributed by atoms with Crippen molar-refractivity contribution in [1.29, 1.82) is 0 Å². The smallest absolute Gasteiger partial charge is 0.191 e. The Balaban J connectivity index is 0.00000338. The van der Waals surface area contributed by atoms with Gasteiger partial charge in [0.15, 0.2) is 5.96 Å². The first-order chi connectivity index (χ1) is 12.1. The zero-order valence-electron chi connectivity index (χ0n) is 15.9. The Morgan fingerprint density at radius 1 is 1.27 bits per heavy atom. The number of ether oxygens (including phenoxy) is 2. The maximum Gasteiger partial charge on any atom is 0.191 e. The summed E-state index contributed by atoms with van der Waals surface area (Å²) in [6, 6.07) is 5.99. The first-order valence-corrected chi connectivity index (χ1v) is 9.75. The third-order valence-electron chi connectivity index (χ3n) is 4.88. The Bertz CT molecular complexity index is 580. The third kappa shape index (κ3) is 6.88. The fourth-order valence-electron chi connectivity index (χ4n) is 3.16. The van der Waals surface area contributed by atoms with Gasteiger partial charge in [-0.1, -0.05) is 22.4 Å². The molecule has 1 aromatic carbocycles. The van der Waals surface area contributed by atoms with Crippen LogP contribution in [-0.2, 0) is 11.3 Å². The van der Waals surface area contributed by atoms with Crippen LogP contribution < -0.4 is 15.4 Å². The molecule has 2 N–H and O–H groups in total. The van der Waals surface area contributed by atoms with Crippen LogP contribution in [0.15, 0.2) is 27.7 Å². The molecule has 1 saturated carbocycles. The summed E-state index contributed by atoms with van der Waals surface area (Å²) in [6.07, 6.45) is 4.95. The van der Waals surface area contributed by atoms with Crippen LogP contribution in [0.3, 0.4) is 0 Å². The summed E-state index contributed by atoms with van der Waals surface area (Å²) in [5.41, 5.74) is 1.42. The highest BCUT2D eigenvalue weighted by atomic mass is 127. The van der Waals surface area contributed by atoms with Crippen molar-refractivity contribution >= 4 is 45.9 Å². The van der Waals surface area contributed by atoms with Gasteiger partial charge in [-0.3, -0.25) is 0 Å². The van der Waals surface area contributed by atoms with E-state index in [0.29, 0.717) is 12.0 Å². The van der Waals surface area contributed by atoms with Crippen molar-refractivity contribution in [3.05, 3.63) is 28.2 Å². The Labute approximate surface area is 182 Å². The molecule has 1 aliphatic carbocycles. The topological polar surface area (TPSA) is 54.9 Å². The number of hydrogen-bond acceptors (Lipinski definition) is 3. The summed E-state index contributed by atoms with van der Waals surface area (Å²) in [5.74, 6) is 1.71. The summed E-state index contributed by atoms with van der Waals surface area (Å²) in [4.78, 5) is 4.74. The lowest BCUT2D eigenvalue weighted by molar-refractivity contribution is 0.0732. The van der Waals surface area contributed by atoms with Gasteiger partial charge in [-0.25, -0.2) is 4.99 Å². The molecule has 0 spiro atoms. The molecule has 1 aliphatic rings. The molecule has 1 fully saturated rings. The SMILES string of the molecule is CCNC(=NCc1cc(Br)ccc1OC)NCC1(CCOC)CCC1.I. The molecule has 148 valence electrons. The Morgan fingerprint density at radius 3 is 2.62 bits per heavy atom. The van der Waals surface area contributed by atoms with Crippen molar-refractivity contribution < 1.29 is 9.47 Å². The highest BCUT2D eigenvalue weighted by molar-refractivity contribution is 14.0. The molecule has 0 aromatic heterocycles. The van der Waals surface area contributed by atoms with Crippen LogP contribution in [0.1, 0.15) is 38.2 Å². The highest BCUT2D eigenvalue weighted by Gasteiger charge is 2.36. The standard InChI is InChI=1S/C19H30BrN3O2.HI/c1-4-21-18(23-14-19(8-5-9-19)10-11-24-2)22-13-15-12-16(20)6-7-17(15)25-3;/h6-7,12H,4-5,8-11,13-14H2,1-3H3,(H2,21,22,23);1H. The van der Waals surface area contributed by atoms with Crippen molar-refractivity contribution in [3.63, 3.8) is 0 Å². The van der Waals surface area contributed by atoms with Crippen LogP contribution in [-0.4, -0.2) is 39.9 Å². The van der Waals surface area contributed by atoms with Gasteiger partial charge >= 0.3 is 0 Å². The van der Waals surface area contributed by atoms with E-state index in [4.69, 9.17) is 14.5 Å². The lowest BCUT2D eigenvalue weighted by atomic mass is 9.67. The van der Waals surface area contributed by atoms with E-state index in [1.165, 1.54) is 19.3 Å². The maximum absolute atomic E-state index is 5.43. The van der Waals surface area contributed by atoms with Gasteiger partial charge in [0, 0.05) is 36.8 Å². The van der Waals surface area contributed by atoms with Crippen molar-refractivity contribution in [2.45, 2.75) is 39.2 Å². The van der Waals surface area contributed by atoms with E-state index in [0.717, 1.165) is 47.9 Å². The molecule has 0 radical (unpaired) electrons. The molecule has 5 nitrogen and oxygen atoms in total. The fraction of sp³-hybridized carbons (Fsp3) is 0.632. The van der Waals surface area contributed by atoms with Crippen LogP contribution in [0.4, 0.5) is 0 Å². The molecule has 0 unspecified atom stereocenters. The summed E-state index contributed by atoms with van der Waals surface area (Å²) in [6.45, 7) is 5.26. The number of guanidine groups is 1. The fourth-order valence-corrected chi connectivity index (χ4v) is 3.57. The lowest BCUT2D eigenvalue weighted by Crippen LogP contribution is -2.46. The number of nitrogens with zero attached hydrogens (tertiary/aromatic N) is 1. The summed E-state index contributed by atoms with van der Waals surface area (Å²) in [5, 5.41) is 6.86. The lowest BCUT2D eigenvalue weighted by Gasteiger charge is -2.42. The largest absolute Gasteiger partial charge is 0.496 e. The highest BCUT2D eigenvalue weighted by Crippen LogP contribution is 2.43. The predicted octanol–water partition coefficient (Wildman–Crippen LogP) is 4.34. The second kappa shape index (κ2) is 12.0. The second-order valence-electron chi connectivity index (χ2n) is 6.60. The van der Waals surface area contributed by atoms with Crippen molar-refractivity contribution in [2.24, 2.45) is 10.4 Å². The van der Waals surface area contributed by atoms with Gasteiger partial charge in [0.2, 0.25) is 0 Å². The van der Waals surface area contributed by atoms with E-state index < -0.39 is 0 Å². The van der Waals surface area contributed by atoms with Crippen molar-refractivity contribution in [3.8, 4) is 5.75 Å². The molecule has 0 aliphatic heterocycles. The molecule has 26 heavy (non-hydrogen) atoms. The summed E-state index contributed by atoms with van der Waals surface area (Å²) >= 11 is 3.51. The van der Waals surface area contributed by atoms with E-state index in [9.17, 15) is 0 Å². The molecule has 1 aromatic rings. The number of rotatable bonds is 9. The van der Waals surface area contributed by atoms with Crippen LogP contribution in [0.2, 0.25) is 0 Å². The molecule has 0 heterocycles. The monoisotopic (exact) mass is 539 g/mol. The van der Waals surface area contributed by atoms with E-state index >= 15 is 0 Å². The van der Waals surface area contributed by atoms with E-state index in [2.05, 4.69) is 39.6 Å². The molecule has 0 atom stereocenters. The molecule has 2 rings (SSSR count). The maximum atomic E-state index is 5.43. The van der Waals surface area contributed by atoms with Gasteiger partial charge in [0.1, 0.15) is 5.75 Å². The average Bonchev–Trinajstić information content (AvgIpc) is 2.58. The van der Waals surface area contributed by atoms with Crippen LogP contribution in [0, 0.1) is 5.41 Å². The Kier molecular flexibility index (Phi) is 10.9. The van der Waals surface area contributed by atoms with Gasteiger partial charge in [0.25, 0.3) is 0 Å². The van der Waals surface area contributed by atoms with E-state index in [1.54, 1.807) is 14.2 Å². The van der Waals surface area contributed by atoms with Crippen LogP contribution in [0.25, 0.3) is 0 Å². The average molecular weight is 540 g/mol. The first kappa shape index (κ1) is 23.5. The third-order valence-corrected chi connectivity index (χ3v) is 5.37. The number of hydrogen-bond donors (Lipinski definition) is 2. The van der Waals surface area contributed by atoms with Gasteiger partial charge < -0.3 is 20.1 Å². The summed E-state index contributed by atoms with van der Waals surface area (Å²) in [7, 11) is 3.47. The quantitative estimate of drug-likeness (QED) is 0.278. The minimum Gasteiger partial charge on any atom is -0.496 e. The van der Waals surface area contributed by atoms with E-state index in [1.807, 2.05) is 12.1 Å². The molecule has 0 saturated heterocycles. The molecular weight excluding hydrogens is 509 g/mol. The second-order valence-corrected chi connectivity index (χ2v) is 7.52. The number of benzene rings is 1. The van der Waals surface area contributed by atoms with Crippen LogP contribution in [0.5, 0.6) is 5.75 Å². The number of methoxy groups -OCH3 is 2. The van der Waals surface area contributed by atoms with Gasteiger partial charge in [-0.05, 0) is 49.8 Å². The van der Waals surface area contributed by atoms with Gasteiger partial charge in [0.05, 0.1) is 13.7 Å². The number of aliphatic imine (C=N–C) groups is 1. The number of halogens is 2. The van der Waals surface area contributed by atoms with Gasteiger partial charge in [-0.15, -0.1) is 24.0 Å². The minimum absolute atomic E-state index is 0. The first-order valence-electron chi connectivity index (χ1n) is 8.96. The van der Waals surface area contributed by atoms with Gasteiger partial charge in [-0.2, -0.15) is 0 Å². The Morgan fingerprint density at radius 2 is 2.04 bits per heavy atom. The predicted molar refractivity (Wildman–Crippen MR) is 122 cm³/mol. The molecule has 0 bridgehead atoms. The van der Waals surface area contributed by atoms with E-state index in [-0.39, 0.29) is 24.0 Å². The molecule has 7 heteroatoms. The zero-order valence-corrected chi connectivity index (χ0v) is 19.9. The van der Waals surface area contributed by atoms with Crippen molar-refractivity contribution in [2.75, 3.05) is 33.9 Å². The normalized spacial score (nSPS) is 15.6. The zero-order chi connectivity index (χ0) is 18.1. The minimum atomic E-state index is 0. The molecule has 0 amide bonds. The number of nitrogens with one attached hydrogen (secondary N) is 2. The van der Waals surface area contributed by atoms with Crippen molar-refractivity contribution in [1.82, 2.24) is 10.6 Å². The Hall–Kier alpha value is -0.540. The van der Waals surface area contributed by atoms with Crippen LogP contribution >= 0.6 is 39.9 Å². The molecular formula is C19H31BrIN3O2.